The van der Waals surface area contributed by atoms with Crippen molar-refractivity contribution in [2.24, 2.45) is 11.3 Å². The lowest BCUT2D eigenvalue weighted by Crippen LogP contribution is -2.47. The largest absolute Gasteiger partial charge is 0.398 e. The smallest absolute Gasteiger partial charge is 0.348 e. The first-order valence-corrected chi connectivity index (χ1v) is 5.34. The average Bonchev–Trinajstić information content (AvgIpc) is 2.63. The maximum Gasteiger partial charge on any atom is 0.398 e. The predicted molar refractivity (Wildman–Crippen MR) is 51.7 cm³/mol. The van der Waals surface area contributed by atoms with E-state index in [2.05, 4.69) is 10.6 Å². The van der Waals surface area contributed by atoms with Crippen molar-refractivity contribution >= 4 is 5.91 Å². The molecule has 0 aromatic carbocycles. The van der Waals surface area contributed by atoms with Crippen LogP contribution >= 0.6 is 0 Å². The van der Waals surface area contributed by atoms with Gasteiger partial charge in [0, 0.05) is 19.0 Å². The van der Waals surface area contributed by atoms with Gasteiger partial charge in [-0.1, -0.05) is 13.8 Å². The Morgan fingerprint density at radius 2 is 2.00 bits per heavy atom. The SMILES string of the molecule is CC(C)C(=O)N[C@@]12CNC[C@]1(C(F)(F)F)C2. The Balaban J connectivity index is 2.15. The van der Waals surface area contributed by atoms with Crippen LogP contribution in [0.2, 0.25) is 0 Å². The van der Waals surface area contributed by atoms with Gasteiger partial charge in [-0.2, -0.15) is 13.2 Å². The molecule has 1 heterocycles. The molecule has 6 heteroatoms. The Morgan fingerprint density at radius 3 is 2.44 bits per heavy atom. The number of carbonyl (C=O) groups excluding carboxylic acids is 1. The molecule has 0 radical (unpaired) electrons. The molecule has 1 amide bonds. The molecule has 1 saturated carbocycles. The van der Waals surface area contributed by atoms with E-state index in [0.29, 0.717) is 0 Å². The van der Waals surface area contributed by atoms with Gasteiger partial charge in [-0.15, -0.1) is 0 Å². The van der Waals surface area contributed by atoms with Gasteiger partial charge >= 0.3 is 6.18 Å². The highest BCUT2D eigenvalue weighted by molar-refractivity contribution is 5.79. The number of hydrogen-bond donors (Lipinski definition) is 2. The summed E-state index contributed by atoms with van der Waals surface area (Å²) in [5.74, 6) is -0.601. The Morgan fingerprint density at radius 1 is 1.38 bits per heavy atom. The molecule has 2 atom stereocenters. The highest BCUT2D eigenvalue weighted by Gasteiger charge is 2.82. The number of fused-ring (bicyclic) bond motifs is 1. The average molecular weight is 236 g/mol. The lowest BCUT2D eigenvalue weighted by molar-refractivity contribution is -0.187. The van der Waals surface area contributed by atoms with E-state index >= 15 is 0 Å². The minimum absolute atomic E-state index is 0.00889. The molecular weight excluding hydrogens is 221 g/mol. The molecule has 1 aliphatic heterocycles. The van der Waals surface area contributed by atoms with Crippen LogP contribution in [0.25, 0.3) is 0 Å². The van der Waals surface area contributed by atoms with E-state index in [-0.39, 0.29) is 31.3 Å². The van der Waals surface area contributed by atoms with Crippen molar-refractivity contribution in [1.82, 2.24) is 10.6 Å². The number of rotatable bonds is 2. The topological polar surface area (TPSA) is 41.1 Å². The van der Waals surface area contributed by atoms with Gasteiger partial charge in [-0.3, -0.25) is 4.79 Å². The summed E-state index contributed by atoms with van der Waals surface area (Å²) in [6, 6.07) is 0. The van der Waals surface area contributed by atoms with Crippen LogP contribution in [0.3, 0.4) is 0 Å². The third-order valence-corrected chi connectivity index (χ3v) is 3.68. The fraction of sp³-hybridized carbons (Fsp3) is 0.900. The van der Waals surface area contributed by atoms with Gasteiger partial charge < -0.3 is 10.6 Å². The van der Waals surface area contributed by atoms with Crippen LogP contribution in [-0.4, -0.2) is 30.7 Å². The minimum Gasteiger partial charge on any atom is -0.348 e. The van der Waals surface area contributed by atoms with Crippen LogP contribution in [-0.2, 0) is 4.79 Å². The molecular formula is C10H15F3N2O. The molecule has 0 bridgehead atoms. The molecule has 3 nitrogen and oxygen atoms in total. The van der Waals surface area contributed by atoms with E-state index in [1.807, 2.05) is 0 Å². The lowest BCUT2D eigenvalue weighted by Gasteiger charge is -2.22. The molecule has 16 heavy (non-hydrogen) atoms. The van der Waals surface area contributed by atoms with E-state index in [1.54, 1.807) is 13.8 Å². The fourth-order valence-electron chi connectivity index (χ4n) is 2.48. The van der Waals surface area contributed by atoms with Crippen molar-refractivity contribution in [3.05, 3.63) is 0 Å². The van der Waals surface area contributed by atoms with Crippen molar-refractivity contribution in [3.63, 3.8) is 0 Å². The van der Waals surface area contributed by atoms with Crippen LogP contribution in [0.1, 0.15) is 20.3 Å². The van der Waals surface area contributed by atoms with Gasteiger partial charge in [0.1, 0.15) is 5.41 Å². The standard InChI is InChI=1S/C10H15F3N2O/c1-6(2)7(16)15-9-3-8(9,4-14-5-9)10(11,12)13/h6,14H,3-5H2,1-2H3,(H,15,16)/t8-,9+/m1/s1. The molecule has 2 aliphatic rings. The molecule has 1 aliphatic carbocycles. The normalized spacial score (nSPS) is 37.4. The Labute approximate surface area is 91.8 Å². The van der Waals surface area contributed by atoms with Crippen molar-refractivity contribution in [3.8, 4) is 0 Å². The quantitative estimate of drug-likeness (QED) is 0.752. The highest BCUT2D eigenvalue weighted by atomic mass is 19.4. The number of nitrogens with one attached hydrogen (secondary N) is 2. The number of halogens is 3. The van der Waals surface area contributed by atoms with Gasteiger partial charge in [0.05, 0.1) is 5.54 Å². The zero-order valence-electron chi connectivity index (χ0n) is 9.24. The summed E-state index contributed by atoms with van der Waals surface area (Å²) in [5, 5.41) is 5.27. The van der Waals surface area contributed by atoms with E-state index in [0.717, 1.165) is 0 Å². The predicted octanol–water partition coefficient (Wildman–Crippen LogP) is 1.05. The molecule has 0 aromatic rings. The molecule has 1 saturated heterocycles. The first-order chi connectivity index (χ1) is 7.24. The Bertz CT molecular complexity index is 329. The second-order valence-corrected chi connectivity index (χ2v) is 5.09. The maximum atomic E-state index is 12.9. The molecule has 2 N–H and O–H groups in total. The number of hydrogen-bond acceptors (Lipinski definition) is 2. The number of amides is 1. The summed E-state index contributed by atoms with van der Waals surface area (Å²) in [7, 11) is 0. The maximum absolute atomic E-state index is 12.9. The number of piperidine rings is 1. The van der Waals surface area contributed by atoms with Crippen LogP contribution in [0, 0.1) is 11.3 Å². The van der Waals surface area contributed by atoms with Crippen molar-refractivity contribution in [2.75, 3.05) is 13.1 Å². The second-order valence-electron chi connectivity index (χ2n) is 5.09. The van der Waals surface area contributed by atoms with Crippen LogP contribution in [0.4, 0.5) is 13.2 Å². The summed E-state index contributed by atoms with van der Waals surface area (Å²) in [5.41, 5.74) is -2.82. The first kappa shape index (κ1) is 11.7. The van der Waals surface area contributed by atoms with E-state index in [1.165, 1.54) is 0 Å². The second kappa shape index (κ2) is 3.12. The summed E-state index contributed by atoms with van der Waals surface area (Å²) in [4.78, 5) is 11.5. The van der Waals surface area contributed by atoms with E-state index < -0.39 is 17.1 Å². The van der Waals surface area contributed by atoms with Gasteiger partial charge in [0.25, 0.3) is 0 Å². The Kier molecular flexibility index (Phi) is 2.28. The van der Waals surface area contributed by atoms with Crippen LogP contribution < -0.4 is 10.6 Å². The van der Waals surface area contributed by atoms with E-state index in [9.17, 15) is 18.0 Å². The minimum atomic E-state index is -4.25. The van der Waals surface area contributed by atoms with Crippen LogP contribution in [0.5, 0.6) is 0 Å². The van der Waals surface area contributed by atoms with Crippen molar-refractivity contribution in [1.29, 1.82) is 0 Å². The summed E-state index contributed by atoms with van der Waals surface area (Å²) in [6.07, 6.45) is -4.24. The molecule has 92 valence electrons. The highest BCUT2D eigenvalue weighted by Crippen LogP contribution is 2.66. The first-order valence-electron chi connectivity index (χ1n) is 5.34. The Hall–Kier alpha value is -0.780. The lowest BCUT2D eigenvalue weighted by atomic mass is 10.0. The molecule has 2 rings (SSSR count). The third-order valence-electron chi connectivity index (χ3n) is 3.68. The molecule has 2 fully saturated rings. The van der Waals surface area contributed by atoms with Gasteiger partial charge in [0.2, 0.25) is 5.91 Å². The third kappa shape index (κ3) is 1.35. The van der Waals surface area contributed by atoms with Gasteiger partial charge in [-0.25, -0.2) is 0 Å². The summed E-state index contributed by atoms with van der Waals surface area (Å²) >= 11 is 0. The zero-order chi connectivity index (χ0) is 12.2. The number of alkyl halides is 3. The van der Waals surface area contributed by atoms with Crippen LogP contribution in [0.15, 0.2) is 0 Å². The fourth-order valence-corrected chi connectivity index (χ4v) is 2.48. The number of carbonyl (C=O) groups is 1. The monoisotopic (exact) mass is 236 g/mol. The molecule has 0 unspecified atom stereocenters. The van der Waals surface area contributed by atoms with Gasteiger partial charge in [-0.05, 0) is 6.42 Å². The van der Waals surface area contributed by atoms with Crippen molar-refractivity contribution < 1.29 is 18.0 Å². The van der Waals surface area contributed by atoms with Crippen molar-refractivity contribution in [2.45, 2.75) is 32.0 Å². The molecule has 0 aromatic heterocycles. The summed E-state index contributed by atoms with van der Waals surface area (Å²) < 4.78 is 38.7. The van der Waals surface area contributed by atoms with Gasteiger partial charge in [0.15, 0.2) is 0 Å². The summed E-state index contributed by atoms with van der Waals surface area (Å²) in [6.45, 7) is 3.47. The van der Waals surface area contributed by atoms with E-state index in [4.69, 9.17) is 0 Å². The molecule has 0 spiro atoms. The zero-order valence-corrected chi connectivity index (χ0v) is 9.24.